The zero-order chi connectivity index (χ0) is 13.7. The number of hydrogen-bond acceptors (Lipinski definition) is 7. The van der Waals surface area contributed by atoms with Crippen LogP contribution in [-0.4, -0.2) is 27.2 Å². The van der Waals surface area contributed by atoms with Crippen LogP contribution >= 0.6 is 0 Å². The van der Waals surface area contributed by atoms with Gasteiger partial charge in [0.05, 0.1) is 0 Å². The molecule has 0 aliphatic carbocycles. The molecule has 0 heterocycles. The van der Waals surface area contributed by atoms with E-state index in [0.29, 0.717) is 0 Å². The number of nitrogens with one attached hydrogen (secondary N) is 3. The highest BCUT2D eigenvalue weighted by atomic mass is 15.3. The summed E-state index contributed by atoms with van der Waals surface area (Å²) in [6.07, 6.45) is 3.49. The molecule has 0 aliphatic rings. The molecular formula is C9H33N7. The molecule has 7 nitrogen and oxygen atoms in total. The van der Waals surface area contributed by atoms with Gasteiger partial charge in [0.2, 0.25) is 0 Å². The second kappa shape index (κ2) is 46.5. The summed E-state index contributed by atoms with van der Waals surface area (Å²) < 4.78 is 0. The topological polar surface area (TPSA) is 140 Å². The van der Waals surface area contributed by atoms with E-state index in [4.69, 9.17) is 11.6 Å². The molecular weight excluding hydrogens is 206 g/mol. The predicted molar refractivity (Wildman–Crippen MR) is 72.9 cm³/mol. The van der Waals surface area contributed by atoms with Gasteiger partial charge in [-0.2, -0.15) is 0 Å². The number of unbranched alkanes of at least 4 members (excludes halogenated alkanes) is 1. The molecule has 0 unspecified atom stereocenters. The van der Waals surface area contributed by atoms with Gasteiger partial charge >= 0.3 is 0 Å². The van der Waals surface area contributed by atoms with Crippen LogP contribution in [0.15, 0.2) is 0 Å². The molecule has 16 heavy (non-hydrogen) atoms. The van der Waals surface area contributed by atoms with Crippen molar-refractivity contribution in [2.24, 2.45) is 23.3 Å². The van der Waals surface area contributed by atoms with Gasteiger partial charge in [0.1, 0.15) is 0 Å². The van der Waals surface area contributed by atoms with Crippen molar-refractivity contribution in [1.82, 2.24) is 16.3 Å². The second-order valence-corrected chi connectivity index (χ2v) is 2.60. The lowest BCUT2D eigenvalue weighted by Gasteiger charge is -1.85. The summed E-state index contributed by atoms with van der Waals surface area (Å²) in [6, 6.07) is 0. The molecule has 0 aromatic heterocycles. The molecule has 0 aromatic carbocycles. The minimum Gasteiger partial charge on any atom is -0.330 e. The van der Waals surface area contributed by atoms with E-state index in [2.05, 4.69) is 41.8 Å². The maximum atomic E-state index is 5.14. The first kappa shape index (κ1) is 24.8. The number of hydrazine groups is 3. The first-order chi connectivity index (χ1) is 7.74. The first-order valence-electron chi connectivity index (χ1n) is 5.55. The van der Waals surface area contributed by atoms with E-state index < -0.39 is 0 Å². The Hall–Kier alpha value is -0.280. The van der Waals surface area contributed by atoms with Crippen LogP contribution < -0.4 is 39.5 Å². The molecule has 0 amide bonds. The van der Waals surface area contributed by atoms with Crippen LogP contribution in [-0.2, 0) is 0 Å². The van der Waals surface area contributed by atoms with Crippen LogP contribution in [0.1, 0.15) is 33.1 Å². The average molecular weight is 239 g/mol. The van der Waals surface area contributed by atoms with Crippen molar-refractivity contribution in [1.29, 1.82) is 0 Å². The molecule has 0 saturated carbocycles. The maximum absolute atomic E-state index is 5.14. The van der Waals surface area contributed by atoms with Crippen molar-refractivity contribution in [2.45, 2.75) is 33.1 Å². The van der Waals surface area contributed by atoms with Gasteiger partial charge in [-0.05, 0) is 33.5 Å². The highest BCUT2D eigenvalue weighted by molar-refractivity contribution is 4.29. The monoisotopic (exact) mass is 239 g/mol. The van der Waals surface area contributed by atoms with E-state index in [1.165, 1.54) is 12.8 Å². The molecule has 0 atom stereocenters. The van der Waals surface area contributed by atoms with Gasteiger partial charge in [-0.3, -0.25) is 33.8 Å². The van der Waals surface area contributed by atoms with Gasteiger partial charge in [0, 0.05) is 6.54 Å². The van der Waals surface area contributed by atoms with Crippen molar-refractivity contribution in [2.75, 3.05) is 27.2 Å². The lowest BCUT2D eigenvalue weighted by Crippen LogP contribution is -2.21. The summed E-state index contributed by atoms with van der Waals surface area (Å²) in [7, 11) is 3.64. The van der Waals surface area contributed by atoms with Gasteiger partial charge in [-0.25, -0.2) is 0 Å². The molecule has 7 heteroatoms. The Labute approximate surface area is 101 Å². The predicted octanol–water partition coefficient (Wildman–Crippen LogP) is -1.24. The average Bonchev–Trinajstić information content (AvgIpc) is 2.35. The van der Waals surface area contributed by atoms with Crippen LogP contribution in [0.4, 0.5) is 0 Å². The SMILES string of the molecule is CCCCN.CCCNN.CNNC.NN. The number of rotatable bonds is 5. The fourth-order valence-electron chi connectivity index (χ4n) is 0.348. The largest absolute Gasteiger partial charge is 0.330 e. The normalized spacial score (nSPS) is 7.50. The molecule has 0 aromatic rings. The third-order valence-electron chi connectivity index (χ3n) is 1.20. The Kier molecular flexibility index (Phi) is 72.1. The summed E-state index contributed by atoms with van der Waals surface area (Å²) in [4.78, 5) is 0. The van der Waals surface area contributed by atoms with E-state index >= 15 is 0 Å². The molecule has 0 bridgehead atoms. The van der Waals surface area contributed by atoms with Crippen molar-refractivity contribution >= 4 is 0 Å². The Balaban J connectivity index is -0.0000000629. The molecule has 0 radical (unpaired) electrons. The van der Waals surface area contributed by atoms with Crippen molar-refractivity contribution in [3.05, 3.63) is 0 Å². The molecule has 0 aliphatic heterocycles. The smallest absolute Gasteiger partial charge is 0.00947 e. The van der Waals surface area contributed by atoms with E-state index in [9.17, 15) is 0 Å². The third-order valence-corrected chi connectivity index (χ3v) is 1.20. The lowest BCUT2D eigenvalue weighted by molar-refractivity contribution is 0.689. The van der Waals surface area contributed by atoms with E-state index in [-0.39, 0.29) is 0 Å². The second-order valence-electron chi connectivity index (χ2n) is 2.60. The molecule has 0 spiro atoms. The molecule has 0 saturated heterocycles. The Morgan fingerprint density at radius 2 is 1.38 bits per heavy atom. The van der Waals surface area contributed by atoms with Gasteiger partial charge in [-0.1, -0.05) is 20.3 Å². The van der Waals surface area contributed by atoms with Crippen LogP contribution in [0, 0.1) is 0 Å². The zero-order valence-electron chi connectivity index (χ0n) is 11.3. The molecule has 0 rings (SSSR count). The van der Waals surface area contributed by atoms with E-state index in [1.54, 1.807) is 0 Å². The van der Waals surface area contributed by atoms with Gasteiger partial charge in [-0.15, -0.1) is 0 Å². The summed E-state index contributed by atoms with van der Waals surface area (Å²) in [6.45, 7) is 5.96. The van der Waals surface area contributed by atoms with Crippen molar-refractivity contribution in [3.8, 4) is 0 Å². The number of hydrogen-bond donors (Lipinski definition) is 7. The van der Waals surface area contributed by atoms with Gasteiger partial charge in [0.25, 0.3) is 0 Å². The van der Waals surface area contributed by atoms with Crippen LogP contribution in [0.5, 0.6) is 0 Å². The Bertz CT molecular complexity index is 51.8. The Morgan fingerprint density at radius 3 is 1.38 bits per heavy atom. The van der Waals surface area contributed by atoms with Crippen LogP contribution in [0.3, 0.4) is 0 Å². The highest BCUT2D eigenvalue weighted by Gasteiger charge is 1.68. The molecule has 104 valence electrons. The Morgan fingerprint density at radius 1 is 0.938 bits per heavy atom. The number of nitrogens with two attached hydrogens (primary N) is 4. The van der Waals surface area contributed by atoms with Crippen LogP contribution in [0.25, 0.3) is 0 Å². The quantitative estimate of drug-likeness (QED) is 0.235. The standard InChI is InChI=1S/C4H11N.C3H10N2.C2H8N2.H4N2/c1-2-3-4-5;1-2-3-5-4;1-3-4-2;1-2/h2-5H2,1H3;5H,2-4H2,1H3;3-4H,1-2H3;1-2H2. The van der Waals surface area contributed by atoms with E-state index in [1.807, 2.05) is 14.1 Å². The first-order valence-corrected chi connectivity index (χ1v) is 5.55. The minimum absolute atomic E-state index is 0.844. The van der Waals surface area contributed by atoms with Gasteiger partial charge in [0.15, 0.2) is 0 Å². The maximum Gasteiger partial charge on any atom is 0.00947 e. The van der Waals surface area contributed by atoms with Crippen molar-refractivity contribution < 1.29 is 0 Å². The summed E-state index contributed by atoms with van der Waals surface area (Å²) in [5.41, 5.74) is 13.0. The third kappa shape index (κ3) is 99.6. The summed E-state index contributed by atoms with van der Waals surface area (Å²) in [5, 5.41) is 0. The molecule has 11 N–H and O–H groups in total. The van der Waals surface area contributed by atoms with Crippen LogP contribution in [0.2, 0.25) is 0 Å². The lowest BCUT2D eigenvalue weighted by atomic mass is 10.3. The summed E-state index contributed by atoms with van der Waals surface area (Å²) in [5.74, 6) is 12.9. The fraction of sp³-hybridized carbons (Fsp3) is 1.00. The van der Waals surface area contributed by atoms with Crippen molar-refractivity contribution in [3.63, 3.8) is 0 Å². The minimum atomic E-state index is 0.844. The zero-order valence-corrected chi connectivity index (χ0v) is 11.3. The van der Waals surface area contributed by atoms with E-state index in [0.717, 1.165) is 19.5 Å². The summed E-state index contributed by atoms with van der Waals surface area (Å²) >= 11 is 0. The van der Waals surface area contributed by atoms with Gasteiger partial charge < -0.3 is 5.73 Å². The fourth-order valence-corrected chi connectivity index (χ4v) is 0.348. The highest BCUT2D eigenvalue weighted by Crippen LogP contribution is 1.77. The molecule has 0 fully saturated rings.